The van der Waals surface area contributed by atoms with Crippen LogP contribution in [-0.2, 0) is 66.6 Å². The lowest BCUT2D eigenvalue weighted by atomic mass is 9.99. The van der Waals surface area contributed by atoms with Crippen LogP contribution in [0, 0.1) is 73.8 Å². The minimum atomic E-state index is -0.869. The summed E-state index contributed by atoms with van der Waals surface area (Å²) in [5.74, 6) is -3.48. The standard InChI is InChI=1S/C33H36F3N5O2.C33H37FN6O4.C31H33ClFN5O2.H2O/c1-22-28(32(42)41(38(22)2)27-12-10-25(34)11-13-27)21-40(17-14-23-6-8-24(20-37)9-7-23)26-15-18-39(19-16-26)33(43)31-29(35)4-3-5-30(31)36;1-22-13-17-35-23(2)31(22)33(42)37-19-15-27(16-20-37)38(18-14-25-5-9-29(10-6-25)40(43)44)21-30-24(3)36(4)39(32(30)41)28-11-7-26(34)8-12-28;1-22-28(30(39)38(35(22)2)27-12-10-25(33)11-13-27)21-37(18-14-23-6-8-24(32)9-7-23)26-15-19-36(20-16-26)31(40)29-5-3-4-17-34-29;/h3-13,26H,14-21,37H2,1-2H3;5-13,17,27H,14-16,18-21H2,1-4H3;3-13,17,26H,14-16,18-21H2,1-2H3;1H2. The second-order valence-electron chi connectivity index (χ2n) is 32.8. The molecule has 672 valence electrons. The van der Waals surface area contributed by atoms with Crippen molar-refractivity contribution in [3.8, 4) is 17.1 Å². The highest BCUT2D eigenvalue weighted by Gasteiger charge is 2.36. The number of hydrogen-bond acceptors (Lipinski definition) is 14. The van der Waals surface area contributed by atoms with Crippen LogP contribution in [0.25, 0.3) is 17.1 Å². The van der Waals surface area contributed by atoms with Gasteiger partial charge in [-0.15, -0.1) is 0 Å². The van der Waals surface area contributed by atoms with Gasteiger partial charge in [-0.2, -0.15) is 0 Å². The second-order valence-corrected chi connectivity index (χ2v) is 33.2. The number of H-pyrrole nitrogens is 1. The van der Waals surface area contributed by atoms with Crippen LogP contribution in [0.4, 0.5) is 27.6 Å². The smallest absolute Gasteiger partial charge is 0.318 e. The summed E-state index contributed by atoms with van der Waals surface area (Å²) in [5.41, 5.74) is 18.3. The SMILES string of the molecule is Cc1c(CN(CCc2ccc(CN)cc2)C2CCN(C(=O)c3c(F)cccc3F)CC2)c(=O)n(-c2ccc(F)cc2)n1C.Cc1c(CN(CCc2ccc(Cl)cc2)C2CCN(C(=O)c3cccc[nH+]3)CC2)c(=O)n(-c2ccc(F)cc2)n1C.Cc1ccnc(C)c1C(=O)N1CCC(N(CCc2ccc([N+](=O)[O-])cc2)Cc2c(C)n(C)n(-c3ccc(F)cc3)c2=O)CC1.[OH-]. The van der Waals surface area contributed by atoms with Gasteiger partial charge in [0.25, 0.3) is 39.9 Å². The summed E-state index contributed by atoms with van der Waals surface area (Å²) >= 11 is 6.09. The van der Waals surface area contributed by atoms with E-state index < -0.39 is 28.0 Å². The molecule has 8 heterocycles. The number of piperidine rings is 3. The lowest BCUT2D eigenvalue weighted by Crippen LogP contribution is -2.48. The maximum absolute atomic E-state index is 14.3. The monoisotopic (exact) mass is 1770 g/mol. The molecule has 3 aliphatic heterocycles. The molecule has 0 saturated carbocycles. The fraction of sp³-hybridized carbons (Fsp3) is 0.340. The maximum Gasteiger partial charge on any atom is 0.318 e. The summed E-state index contributed by atoms with van der Waals surface area (Å²) in [6, 6.07) is 51.3. The van der Waals surface area contributed by atoms with Crippen molar-refractivity contribution < 1.29 is 51.7 Å². The molecule has 3 saturated heterocycles. The summed E-state index contributed by atoms with van der Waals surface area (Å²) in [6.45, 7) is 16.5. The Bertz CT molecular complexity index is 6000. The van der Waals surface area contributed by atoms with E-state index in [-0.39, 0.29) is 75.2 Å². The maximum atomic E-state index is 14.3. The number of non-ortho nitro benzene ring substituents is 1. The number of nitrogens with zero attached hydrogens (tertiary/aromatic N) is 14. The molecular weight excluding hydrogens is 1660 g/mol. The fourth-order valence-corrected chi connectivity index (χ4v) is 17.5. The molecule has 31 heteroatoms. The third-order valence-electron chi connectivity index (χ3n) is 25.2. The van der Waals surface area contributed by atoms with Crippen molar-refractivity contribution in [1.82, 2.24) is 62.5 Å². The quantitative estimate of drug-likeness (QED) is 0.0300. The number of aryl methyl sites for hydroxylation is 2. The van der Waals surface area contributed by atoms with Gasteiger partial charge < -0.3 is 25.9 Å². The number of pyridine rings is 2. The van der Waals surface area contributed by atoms with Crippen molar-refractivity contribution in [2.24, 2.45) is 26.9 Å². The summed E-state index contributed by atoms with van der Waals surface area (Å²) in [7, 11) is 5.47. The second kappa shape index (κ2) is 42.8. The molecule has 0 radical (unpaired) electrons. The van der Waals surface area contributed by atoms with Crippen LogP contribution < -0.4 is 27.4 Å². The van der Waals surface area contributed by atoms with Gasteiger partial charge >= 0.3 is 5.91 Å². The zero-order valence-corrected chi connectivity index (χ0v) is 73.9. The number of aromatic amines is 1. The Hall–Kier alpha value is -12.6. The van der Waals surface area contributed by atoms with Crippen molar-refractivity contribution in [3.63, 3.8) is 0 Å². The van der Waals surface area contributed by atoms with Crippen LogP contribution in [0.15, 0.2) is 215 Å². The van der Waals surface area contributed by atoms with E-state index in [0.29, 0.717) is 142 Å². The molecule has 15 rings (SSSR count). The van der Waals surface area contributed by atoms with Crippen LogP contribution in [0.3, 0.4) is 0 Å². The van der Waals surface area contributed by atoms with Crippen molar-refractivity contribution in [1.29, 1.82) is 0 Å². The van der Waals surface area contributed by atoms with Gasteiger partial charge in [0.15, 0.2) is 6.20 Å². The summed E-state index contributed by atoms with van der Waals surface area (Å²) in [5, 5.41) is 11.8. The third kappa shape index (κ3) is 22.1. The molecule has 0 unspecified atom stereocenters. The molecule has 0 atom stereocenters. The zero-order chi connectivity index (χ0) is 90.4. The first-order chi connectivity index (χ1) is 61.0. The molecule has 3 aliphatic rings. The summed E-state index contributed by atoms with van der Waals surface area (Å²) < 4.78 is 79.4. The van der Waals surface area contributed by atoms with Gasteiger partial charge in [0.1, 0.15) is 34.6 Å². The largest absolute Gasteiger partial charge is 0.870 e. The van der Waals surface area contributed by atoms with Crippen molar-refractivity contribution in [2.75, 3.05) is 58.9 Å². The number of likely N-dealkylation sites (tertiary alicyclic amines) is 3. The molecule has 0 bridgehead atoms. The Balaban J connectivity index is 0.000000174. The lowest BCUT2D eigenvalue weighted by molar-refractivity contribution is -0.384. The topological polar surface area (TPSA) is 278 Å². The van der Waals surface area contributed by atoms with Crippen LogP contribution in [-0.4, -0.2) is 168 Å². The van der Waals surface area contributed by atoms with E-state index in [0.717, 1.165) is 108 Å². The normalized spacial score (nSPS) is 13.9. The number of halogens is 6. The van der Waals surface area contributed by atoms with Gasteiger partial charge in [0.2, 0.25) is 0 Å². The van der Waals surface area contributed by atoms with Gasteiger partial charge in [-0.05, 0) is 229 Å². The van der Waals surface area contributed by atoms with Gasteiger partial charge in [-0.1, -0.05) is 66.2 Å². The molecule has 3 fully saturated rings. The van der Waals surface area contributed by atoms with E-state index in [4.69, 9.17) is 17.3 Å². The number of carbonyl (C=O) groups excluding carboxylic acids is 3. The lowest BCUT2D eigenvalue weighted by Gasteiger charge is -2.39. The van der Waals surface area contributed by atoms with Crippen LogP contribution in [0.2, 0.25) is 5.02 Å². The first-order valence-corrected chi connectivity index (χ1v) is 43.2. The average molecular weight is 1770 g/mol. The Kier molecular flexibility index (Phi) is 31.6. The fourth-order valence-electron chi connectivity index (χ4n) is 17.4. The highest BCUT2D eigenvalue weighted by molar-refractivity contribution is 6.30. The first kappa shape index (κ1) is 94.5. The molecular formula is C97H108ClF5N16O9. The van der Waals surface area contributed by atoms with E-state index in [2.05, 4.69) is 36.8 Å². The molecule has 128 heavy (non-hydrogen) atoms. The van der Waals surface area contributed by atoms with Crippen LogP contribution in [0.1, 0.15) is 137 Å². The number of rotatable bonds is 26. The van der Waals surface area contributed by atoms with Gasteiger partial charge in [0, 0.05) is 177 Å². The molecule has 0 aliphatic carbocycles. The van der Waals surface area contributed by atoms with Crippen molar-refractivity contribution in [2.45, 2.75) is 137 Å². The Morgan fingerprint density at radius 3 is 1.15 bits per heavy atom. The number of nitro groups is 1. The molecule has 3 amide bonds. The number of aromatic nitrogens is 8. The average Bonchev–Trinajstić information content (AvgIpc) is 1.65. The third-order valence-corrected chi connectivity index (χ3v) is 25.4. The van der Waals surface area contributed by atoms with E-state index in [1.54, 1.807) is 92.8 Å². The minimum absolute atomic E-state index is 0. The first-order valence-electron chi connectivity index (χ1n) is 42.8. The summed E-state index contributed by atoms with van der Waals surface area (Å²) in [6.07, 6.45) is 9.96. The Morgan fingerprint density at radius 1 is 0.461 bits per heavy atom. The number of nitro benzene ring substituents is 1. The molecule has 5 aromatic heterocycles. The van der Waals surface area contributed by atoms with E-state index in [1.165, 1.54) is 69.7 Å². The molecule has 25 nitrogen and oxygen atoms in total. The zero-order valence-electron chi connectivity index (χ0n) is 73.2. The summed E-state index contributed by atoms with van der Waals surface area (Å²) in [4.78, 5) is 111. The van der Waals surface area contributed by atoms with E-state index in [1.807, 2.05) is 118 Å². The van der Waals surface area contributed by atoms with Crippen LogP contribution >= 0.6 is 11.6 Å². The number of carbonyl (C=O) groups is 3. The number of nitrogens with one attached hydrogen (secondary N) is 1. The molecule has 12 aromatic rings. The number of amides is 3. The van der Waals surface area contributed by atoms with Gasteiger partial charge in [-0.25, -0.2) is 41.0 Å². The predicted octanol–water partition coefficient (Wildman–Crippen LogP) is 13.9. The Labute approximate surface area is 744 Å². The molecule has 4 N–H and O–H groups in total. The minimum Gasteiger partial charge on any atom is -0.870 e. The highest BCUT2D eigenvalue weighted by Crippen LogP contribution is 2.30. The highest BCUT2D eigenvalue weighted by atomic mass is 35.5. The van der Waals surface area contributed by atoms with E-state index >= 15 is 0 Å². The number of benzene rings is 7. The van der Waals surface area contributed by atoms with Gasteiger partial charge in [-0.3, -0.25) is 72.6 Å². The Morgan fingerprint density at radius 2 is 0.805 bits per heavy atom. The van der Waals surface area contributed by atoms with Gasteiger partial charge in [0.05, 0.1) is 49.9 Å². The number of hydrogen-bond donors (Lipinski definition) is 1. The van der Waals surface area contributed by atoms with Crippen LogP contribution in [0.5, 0.6) is 0 Å². The predicted molar refractivity (Wildman–Crippen MR) is 480 cm³/mol. The van der Waals surface area contributed by atoms with E-state index in [9.17, 15) is 60.8 Å². The number of nitrogens with two attached hydrogens (primary N) is 1. The molecule has 7 aromatic carbocycles. The molecule has 0 spiro atoms. The van der Waals surface area contributed by atoms with Crippen molar-refractivity contribution >= 4 is 35.0 Å². The van der Waals surface area contributed by atoms with Crippen molar-refractivity contribution in [3.05, 3.63) is 360 Å².